The van der Waals surface area contributed by atoms with Gasteiger partial charge in [0.2, 0.25) is 0 Å². The van der Waals surface area contributed by atoms with E-state index in [1.807, 2.05) is 0 Å². The van der Waals surface area contributed by atoms with Crippen molar-refractivity contribution in [3.8, 4) is 5.88 Å². The molecule has 0 aliphatic rings. The van der Waals surface area contributed by atoms with Gasteiger partial charge in [0.25, 0.3) is 5.88 Å². The van der Waals surface area contributed by atoms with Crippen molar-refractivity contribution in [3.05, 3.63) is 18.6 Å². The van der Waals surface area contributed by atoms with E-state index in [2.05, 4.69) is 26.7 Å². The van der Waals surface area contributed by atoms with Crippen LogP contribution in [0.3, 0.4) is 0 Å². The Kier molecular flexibility index (Phi) is 2.59. The summed E-state index contributed by atoms with van der Waals surface area (Å²) in [5, 5.41) is 0. The molecule has 1 rings (SSSR count). The van der Waals surface area contributed by atoms with Crippen LogP contribution in [-0.4, -0.2) is 9.97 Å². The van der Waals surface area contributed by atoms with Gasteiger partial charge in [0, 0.05) is 12.3 Å². The first kappa shape index (κ1) is 7.44. The Labute approximate surface area is 63.7 Å². The molecule has 0 aromatic carbocycles. The van der Waals surface area contributed by atoms with Crippen molar-refractivity contribution in [1.82, 2.24) is 9.97 Å². The molecule has 1 heterocycles. The largest absolute Gasteiger partial charge is 0.633 e. The summed E-state index contributed by atoms with van der Waals surface area (Å²) in [5.74, 6) is 0.270. The minimum absolute atomic E-state index is 0.270. The van der Waals surface area contributed by atoms with E-state index in [9.17, 15) is 4.57 Å². The fourth-order valence-electron chi connectivity index (χ4n) is 0.413. The van der Waals surface area contributed by atoms with Gasteiger partial charge in [0.05, 0.1) is 0 Å². The summed E-state index contributed by atoms with van der Waals surface area (Å²) >= 11 is 3.54. The number of rotatable bonds is 2. The van der Waals surface area contributed by atoms with Gasteiger partial charge in [-0.2, -0.15) is 4.98 Å². The second kappa shape index (κ2) is 3.49. The van der Waals surface area contributed by atoms with E-state index in [0.29, 0.717) is 0 Å². The lowest BCUT2D eigenvalue weighted by Gasteiger charge is -1.85. The summed E-state index contributed by atoms with van der Waals surface area (Å²) in [5.41, 5.74) is 0. The predicted molar refractivity (Wildman–Crippen MR) is 39.3 cm³/mol. The van der Waals surface area contributed by atoms with Crippen molar-refractivity contribution in [2.24, 2.45) is 0 Å². The molecule has 0 N–H and O–H groups in total. The highest BCUT2D eigenvalue weighted by molar-refractivity contribution is 8.39. The minimum Gasteiger partial charge on any atom is -0.245 e. The van der Waals surface area contributed by atoms with Crippen molar-refractivity contribution >= 4 is 19.5 Å². The number of aromatic nitrogens is 2. The minimum atomic E-state index is -1.92. The van der Waals surface area contributed by atoms with Crippen LogP contribution >= 0.6 is 19.5 Å². The highest BCUT2D eigenvalue weighted by Crippen LogP contribution is 2.27. The average Bonchev–Trinajstić information content (AvgIpc) is 1.88. The van der Waals surface area contributed by atoms with Crippen LogP contribution in [0.1, 0.15) is 0 Å². The molecular formula is C4H4N2O2PS+. The van der Waals surface area contributed by atoms with Crippen LogP contribution in [0.15, 0.2) is 18.6 Å². The van der Waals surface area contributed by atoms with E-state index >= 15 is 0 Å². The number of thiol groups is 1. The summed E-state index contributed by atoms with van der Waals surface area (Å²) in [4.78, 5) is 7.29. The Balaban J connectivity index is 2.67. The molecule has 0 saturated heterocycles. The molecule has 1 aromatic rings. The first-order chi connectivity index (χ1) is 4.79. The lowest BCUT2D eigenvalue weighted by atomic mass is 10.6. The van der Waals surface area contributed by atoms with Crippen molar-refractivity contribution < 1.29 is 9.09 Å². The maximum atomic E-state index is 10.3. The van der Waals surface area contributed by atoms with E-state index in [1.165, 1.54) is 18.6 Å². The third kappa shape index (κ3) is 2.29. The maximum Gasteiger partial charge on any atom is 0.633 e. The van der Waals surface area contributed by atoms with Gasteiger partial charge >= 0.3 is 7.23 Å². The number of nitrogens with zero attached hydrogens (tertiary/aromatic N) is 2. The van der Waals surface area contributed by atoms with E-state index in [1.54, 1.807) is 0 Å². The summed E-state index contributed by atoms with van der Waals surface area (Å²) in [6.07, 6.45) is 2.80. The molecule has 0 radical (unpaired) electrons. The topological polar surface area (TPSA) is 52.1 Å². The van der Waals surface area contributed by atoms with Crippen LogP contribution in [0.5, 0.6) is 5.88 Å². The van der Waals surface area contributed by atoms with Crippen LogP contribution < -0.4 is 4.52 Å². The zero-order valence-corrected chi connectivity index (χ0v) is 6.63. The van der Waals surface area contributed by atoms with Gasteiger partial charge in [0.1, 0.15) is 6.33 Å². The summed E-state index contributed by atoms with van der Waals surface area (Å²) in [6.45, 7) is 0. The second-order valence-electron chi connectivity index (χ2n) is 1.38. The monoisotopic (exact) mass is 175 g/mol. The zero-order valence-electron chi connectivity index (χ0n) is 4.84. The lowest BCUT2D eigenvalue weighted by Crippen LogP contribution is -1.82. The molecular weight excluding hydrogens is 171 g/mol. The zero-order chi connectivity index (χ0) is 7.40. The molecule has 0 bridgehead atoms. The molecule has 6 heteroatoms. The molecule has 10 heavy (non-hydrogen) atoms. The van der Waals surface area contributed by atoms with Crippen LogP contribution in [0.25, 0.3) is 0 Å². The smallest absolute Gasteiger partial charge is 0.245 e. The molecule has 0 spiro atoms. The lowest BCUT2D eigenvalue weighted by molar-refractivity contribution is 0.509. The fourth-order valence-corrected chi connectivity index (χ4v) is 0.932. The Hall–Kier alpha value is -0.670. The van der Waals surface area contributed by atoms with Crippen LogP contribution in [0.2, 0.25) is 0 Å². The van der Waals surface area contributed by atoms with Crippen molar-refractivity contribution in [2.75, 3.05) is 0 Å². The SMILES string of the molecule is O=[P+](S)Oc1ccncn1. The number of hydrogen-bond acceptors (Lipinski definition) is 4. The molecule has 1 aromatic heterocycles. The van der Waals surface area contributed by atoms with Gasteiger partial charge in [-0.1, -0.05) is 0 Å². The van der Waals surface area contributed by atoms with Crippen LogP contribution in [0.4, 0.5) is 0 Å². The van der Waals surface area contributed by atoms with Crippen molar-refractivity contribution in [3.63, 3.8) is 0 Å². The number of hydrogen-bond donors (Lipinski definition) is 1. The third-order valence-electron chi connectivity index (χ3n) is 0.726. The Bertz CT molecular complexity index is 230. The molecule has 1 atom stereocenters. The maximum absolute atomic E-state index is 10.3. The standard InChI is InChI=1S/C4H3N2O2PS/c7-9(10)8-4-1-2-5-3-6-4/h1-3H/p+1. The first-order valence-corrected chi connectivity index (χ1v) is 4.72. The molecule has 0 fully saturated rings. The normalized spacial score (nSPS) is 10.7. The van der Waals surface area contributed by atoms with Crippen LogP contribution in [0, 0.1) is 0 Å². The van der Waals surface area contributed by atoms with E-state index in [4.69, 9.17) is 0 Å². The molecule has 0 aliphatic heterocycles. The van der Waals surface area contributed by atoms with Gasteiger partial charge in [-0.15, -0.1) is 0 Å². The summed E-state index contributed by atoms with van der Waals surface area (Å²) in [7, 11) is -1.92. The first-order valence-electron chi connectivity index (χ1n) is 2.39. The Morgan fingerprint density at radius 3 is 3.00 bits per heavy atom. The van der Waals surface area contributed by atoms with Crippen molar-refractivity contribution in [2.45, 2.75) is 0 Å². The summed E-state index contributed by atoms with van der Waals surface area (Å²) < 4.78 is 15.0. The highest BCUT2D eigenvalue weighted by atomic mass is 32.7. The molecule has 1 unspecified atom stereocenters. The molecule has 0 saturated carbocycles. The van der Waals surface area contributed by atoms with Crippen molar-refractivity contribution in [1.29, 1.82) is 0 Å². The molecule has 4 nitrogen and oxygen atoms in total. The summed E-state index contributed by atoms with van der Waals surface area (Å²) in [6, 6.07) is 1.50. The average molecular weight is 175 g/mol. The third-order valence-corrected chi connectivity index (χ3v) is 1.31. The van der Waals surface area contributed by atoms with Gasteiger partial charge in [-0.25, -0.2) is 9.51 Å². The highest BCUT2D eigenvalue weighted by Gasteiger charge is 2.11. The molecule has 0 aliphatic carbocycles. The predicted octanol–water partition coefficient (Wildman–Crippen LogP) is 1.44. The molecule has 0 amide bonds. The van der Waals surface area contributed by atoms with Gasteiger partial charge in [0.15, 0.2) is 12.2 Å². The second-order valence-corrected chi connectivity index (χ2v) is 3.01. The van der Waals surface area contributed by atoms with E-state index in [0.717, 1.165) is 0 Å². The fraction of sp³-hybridized carbons (Fsp3) is 0. The van der Waals surface area contributed by atoms with Crippen LogP contribution in [-0.2, 0) is 4.57 Å². The Morgan fingerprint density at radius 2 is 2.50 bits per heavy atom. The molecule has 52 valence electrons. The quantitative estimate of drug-likeness (QED) is 0.545. The van der Waals surface area contributed by atoms with E-state index < -0.39 is 7.23 Å². The van der Waals surface area contributed by atoms with Gasteiger partial charge in [-0.3, -0.25) is 0 Å². The Morgan fingerprint density at radius 1 is 1.70 bits per heavy atom. The van der Waals surface area contributed by atoms with Gasteiger partial charge in [-0.05, 0) is 4.57 Å². The van der Waals surface area contributed by atoms with Gasteiger partial charge < -0.3 is 0 Å². The van der Waals surface area contributed by atoms with E-state index in [-0.39, 0.29) is 5.88 Å².